The first-order valence-electron chi connectivity index (χ1n) is 7.69. The fourth-order valence-electron chi connectivity index (χ4n) is 2.40. The third kappa shape index (κ3) is 5.11. The summed E-state index contributed by atoms with van der Waals surface area (Å²) in [5.74, 6) is -0.102. The minimum atomic E-state index is -4.32. The monoisotopic (exact) mass is 339 g/mol. The van der Waals surface area contributed by atoms with Gasteiger partial charge in [0.25, 0.3) is 0 Å². The van der Waals surface area contributed by atoms with E-state index in [1.54, 1.807) is 4.68 Å². The summed E-state index contributed by atoms with van der Waals surface area (Å²) in [4.78, 5) is 11.8. The highest BCUT2D eigenvalue weighted by molar-refractivity contribution is 5.75. The molecule has 0 aliphatic carbocycles. The van der Waals surface area contributed by atoms with E-state index in [0.717, 1.165) is 29.1 Å². The lowest BCUT2D eigenvalue weighted by molar-refractivity contribution is -0.137. The van der Waals surface area contributed by atoms with Crippen LogP contribution in [0, 0.1) is 13.8 Å². The summed E-state index contributed by atoms with van der Waals surface area (Å²) < 4.78 is 39.2. The van der Waals surface area contributed by atoms with Crippen LogP contribution < -0.4 is 5.32 Å². The smallest absolute Gasteiger partial charge is 0.356 e. The van der Waals surface area contributed by atoms with E-state index in [-0.39, 0.29) is 5.91 Å². The third-order valence-electron chi connectivity index (χ3n) is 3.67. The van der Waals surface area contributed by atoms with Crippen molar-refractivity contribution in [3.8, 4) is 0 Å². The lowest BCUT2D eigenvalue weighted by Gasteiger charge is -2.09. The van der Waals surface area contributed by atoms with Crippen LogP contribution in [0.5, 0.6) is 0 Å². The largest absolute Gasteiger partial charge is 0.416 e. The van der Waals surface area contributed by atoms with Crippen LogP contribution in [0.3, 0.4) is 0 Å². The molecule has 4 nitrogen and oxygen atoms in total. The normalized spacial score (nSPS) is 11.5. The number of hydrogen-bond donors (Lipinski definition) is 1. The van der Waals surface area contributed by atoms with Gasteiger partial charge in [-0.05, 0) is 44.0 Å². The van der Waals surface area contributed by atoms with Gasteiger partial charge in [0.05, 0.1) is 11.3 Å². The van der Waals surface area contributed by atoms with Crippen LogP contribution >= 0.6 is 0 Å². The zero-order valence-corrected chi connectivity index (χ0v) is 13.7. The van der Waals surface area contributed by atoms with Gasteiger partial charge in [0, 0.05) is 25.2 Å². The Morgan fingerprint density at radius 3 is 2.42 bits per heavy atom. The summed E-state index contributed by atoms with van der Waals surface area (Å²) in [6.45, 7) is 4.73. The van der Waals surface area contributed by atoms with E-state index in [9.17, 15) is 18.0 Å². The molecule has 0 fully saturated rings. The van der Waals surface area contributed by atoms with Crippen LogP contribution in [0.25, 0.3) is 0 Å². The quantitative estimate of drug-likeness (QED) is 0.878. The van der Waals surface area contributed by atoms with Gasteiger partial charge in [-0.2, -0.15) is 18.3 Å². The molecular formula is C17H20F3N3O. The Labute approximate surface area is 138 Å². The lowest BCUT2D eigenvalue weighted by Crippen LogP contribution is -2.26. The number of benzene rings is 1. The molecule has 0 atom stereocenters. The first-order chi connectivity index (χ1) is 11.3. The summed E-state index contributed by atoms with van der Waals surface area (Å²) in [6.07, 6.45) is -3.52. The Bertz CT molecular complexity index is 690. The van der Waals surface area contributed by atoms with Gasteiger partial charge in [-0.1, -0.05) is 12.1 Å². The molecule has 0 saturated heterocycles. The Morgan fingerprint density at radius 2 is 1.88 bits per heavy atom. The van der Waals surface area contributed by atoms with Crippen molar-refractivity contribution >= 4 is 5.91 Å². The van der Waals surface area contributed by atoms with Crippen molar-refractivity contribution in [1.29, 1.82) is 0 Å². The van der Waals surface area contributed by atoms with Crippen LogP contribution in [-0.2, 0) is 23.9 Å². The second kappa shape index (κ2) is 7.51. The highest BCUT2D eigenvalue weighted by Crippen LogP contribution is 2.29. The van der Waals surface area contributed by atoms with Crippen molar-refractivity contribution < 1.29 is 18.0 Å². The molecule has 2 aromatic rings. The number of aryl methyl sites for hydroxylation is 3. The standard InChI is InChI=1S/C17H20F3N3O/c1-12-11-13(2)23(22-12)10-8-16(24)21-9-7-14-3-5-15(6-4-14)17(18,19)20/h3-6,11H,7-10H2,1-2H3,(H,21,24). The SMILES string of the molecule is Cc1cc(C)n(CCC(=O)NCCc2ccc(C(F)(F)F)cc2)n1. The van der Waals surface area contributed by atoms with Gasteiger partial charge in [-0.25, -0.2) is 0 Å². The van der Waals surface area contributed by atoms with E-state index in [1.807, 2.05) is 19.9 Å². The molecule has 0 aliphatic rings. The summed E-state index contributed by atoms with van der Waals surface area (Å²) >= 11 is 0. The molecule has 130 valence electrons. The molecule has 2 rings (SSSR count). The van der Waals surface area contributed by atoms with Crippen molar-refractivity contribution in [2.24, 2.45) is 0 Å². The first kappa shape index (κ1) is 18.0. The second-order valence-electron chi connectivity index (χ2n) is 5.69. The molecule has 0 spiro atoms. The average Bonchev–Trinajstić information content (AvgIpc) is 2.82. The molecule has 0 aliphatic heterocycles. The predicted octanol–water partition coefficient (Wildman–Crippen LogP) is 3.27. The van der Waals surface area contributed by atoms with E-state index in [4.69, 9.17) is 0 Å². The number of alkyl halides is 3. The van der Waals surface area contributed by atoms with Gasteiger partial charge < -0.3 is 5.32 Å². The number of nitrogens with one attached hydrogen (secondary N) is 1. The Hall–Kier alpha value is -2.31. The zero-order valence-electron chi connectivity index (χ0n) is 13.7. The fraction of sp³-hybridized carbons (Fsp3) is 0.412. The van der Waals surface area contributed by atoms with E-state index in [2.05, 4.69) is 10.4 Å². The number of aromatic nitrogens is 2. The maximum Gasteiger partial charge on any atom is 0.416 e. The summed E-state index contributed by atoms with van der Waals surface area (Å²) in [5.41, 5.74) is 2.00. The predicted molar refractivity (Wildman–Crippen MR) is 84.5 cm³/mol. The molecule has 0 bridgehead atoms. The van der Waals surface area contributed by atoms with Crippen molar-refractivity contribution in [2.75, 3.05) is 6.54 Å². The van der Waals surface area contributed by atoms with E-state index >= 15 is 0 Å². The maximum atomic E-state index is 12.5. The molecule has 1 heterocycles. The first-order valence-corrected chi connectivity index (χ1v) is 7.69. The van der Waals surface area contributed by atoms with Crippen LogP contribution in [0.1, 0.15) is 28.9 Å². The molecule has 1 aromatic heterocycles. The number of nitrogens with zero attached hydrogens (tertiary/aromatic N) is 2. The highest BCUT2D eigenvalue weighted by atomic mass is 19.4. The lowest BCUT2D eigenvalue weighted by atomic mass is 10.1. The summed E-state index contributed by atoms with van der Waals surface area (Å²) in [5, 5.41) is 7.05. The fourth-order valence-corrected chi connectivity index (χ4v) is 2.40. The molecule has 1 N–H and O–H groups in total. The van der Waals surface area contributed by atoms with Gasteiger partial charge in [-0.15, -0.1) is 0 Å². The van der Waals surface area contributed by atoms with Crippen molar-refractivity contribution in [2.45, 2.75) is 39.4 Å². The molecule has 1 amide bonds. The van der Waals surface area contributed by atoms with Gasteiger partial charge in [0.1, 0.15) is 0 Å². The molecule has 0 unspecified atom stereocenters. The minimum absolute atomic E-state index is 0.102. The highest BCUT2D eigenvalue weighted by Gasteiger charge is 2.29. The van der Waals surface area contributed by atoms with E-state index in [0.29, 0.717) is 25.9 Å². The van der Waals surface area contributed by atoms with Gasteiger partial charge in [-0.3, -0.25) is 9.48 Å². The number of rotatable bonds is 6. The van der Waals surface area contributed by atoms with Gasteiger partial charge in [0.2, 0.25) is 5.91 Å². The molecule has 0 saturated carbocycles. The summed E-state index contributed by atoms with van der Waals surface area (Å²) in [7, 11) is 0. The second-order valence-corrected chi connectivity index (χ2v) is 5.69. The molecule has 0 radical (unpaired) electrons. The van der Waals surface area contributed by atoms with Gasteiger partial charge >= 0.3 is 6.18 Å². The van der Waals surface area contributed by atoms with Crippen molar-refractivity contribution in [3.05, 3.63) is 52.8 Å². The average molecular weight is 339 g/mol. The van der Waals surface area contributed by atoms with Crippen LogP contribution in [0.4, 0.5) is 13.2 Å². The molecule has 24 heavy (non-hydrogen) atoms. The number of amides is 1. The topological polar surface area (TPSA) is 46.9 Å². The number of carbonyl (C=O) groups excluding carboxylic acids is 1. The van der Waals surface area contributed by atoms with Crippen molar-refractivity contribution in [3.63, 3.8) is 0 Å². The van der Waals surface area contributed by atoms with E-state index < -0.39 is 11.7 Å². The Balaban J connectivity index is 1.73. The minimum Gasteiger partial charge on any atom is -0.356 e. The van der Waals surface area contributed by atoms with Crippen LogP contribution in [0.15, 0.2) is 30.3 Å². The maximum absolute atomic E-state index is 12.5. The Kier molecular flexibility index (Phi) is 5.64. The van der Waals surface area contributed by atoms with Crippen LogP contribution in [-0.4, -0.2) is 22.2 Å². The Morgan fingerprint density at radius 1 is 1.21 bits per heavy atom. The van der Waals surface area contributed by atoms with Gasteiger partial charge in [0.15, 0.2) is 0 Å². The number of halogens is 3. The number of hydrogen-bond acceptors (Lipinski definition) is 2. The molecule has 1 aromatic carbocycles. The van der Waals surface area contributed by atoms with Crippen LogP contribution in [0.2, 0.25) is 0 Å². The van der Waals surface area contributed by atoms with E-state index in [1.165, 1.54) is 12.1 Å². The molecular weight excluding hydrogens is 319 g/mol. The third-order valence-corrected chi connectivity index (χ3v) is 3.67. The van der Waals surface area contributed by atoms with Crippen molar-refractivity contribution in [1.82, 2.24) is 15.1 Å². The number of carbonyl (C=O) groups is 1. The zero-order chi connectivity index (χ0) is 17.7. The molecule has 7 heteroatoms. The summed E-state index contributed by atoms with van der Waals surface area (Å²) in [6, 6.07) is 6.93.